The van der Waals surface area contributed by atoms with E-state index in [2.05, 4.69) is 10.3 Å². The summed E-state index contributed by atoms with van der Waals surface area (Å²) in [6, 6.07) is 2.99. The predicted molar refractivity (Wildman–Crippen MR) is 80.9 cm³/mol. The fraction of sp³-hybridized carbons (Fsp3) is 0.625. The number of aromatic nitrogens is 1. The van der Waals surface area contributed by atoms with E-state index in [-0.39, 0.29) is 18.3 Å². The van der Waals surface area contributed by atoms with Crippen LogP contribution in [0.1, 0.15) is 32.1 Å². The number of piperidine rings is 1. The van der Waals surface area contributed by atoms with Crippen molar-refractivity contribution in [1.82, 2.24) is 10.3 Å². The summed E-state index contributed by atoms with van der Waals surface area (Å²) in [5.74, 6) is 0.848. The molecule has 3 rings (SSSR count). The molecule has 1 saturated carbocycles. The van der Waals surface area contributed by atoms with Gasteiger partial charge in [-0.2, -0.15) is 0 Å². The highest BCUT2D eigenvalue weighted by Gasteiger charge is 2.34. The standard InChI is InChI=1S/C16H22FN3O2/c17-13-4-5-14(18-9-13)20-7-1-6-16(22,11-20)10-19-15(21)8-12-2-3-12/h4-5,9,12,22H,1-3,6-8,10-11H2,(H,19,21)/t16-/m0/s1. The zero-order valence-corrected chi connectivity index (χ0v) is 12.6. The summed E-state index contributed by atoms with van der Waals surface area (Å²) in [6.07, 6.45) is 5.49. The average Bonchev–Trinajstić information content (AvgIpc) is 3.30. The Morgan fingerprint density at radius 3 is 3.00 bits per heavy atom. The Hall–Kier alpha value is -1.69. The summed E-state index contributed by atoms with van der Waals surface area (Å²) < 4.78 is 12.9. The Morgan fingerprint density at radius 1 is 1.50 bits per heavy atom. The maximum atomic E-state index is 12.9. The molecule has 1 aliphatic heterocycles. The molecule has 2 fully saturated rings. The van der Waals surface area contributed by atoms with E-state index in [1.165, 1.54) is 12.3 Å². The van der Waals surface area contributed by atoms with Gasteiger partial charge in [-0.1, -0.05) is 0 Å². The molecular weight excluding hydrogens is 285 g/mol. The van der Waals surface area contributed by atoms with Crippen LogP contribution in [-0.4, -0.2) is 41.2 Å². The quantitative estimate of drug-likeness (QED) is 0.864. The highest BCUT2D eigenvalue weighted by Crippen LogP contribution is 2.32. The SMILES string of the molecule is O=C(CC1CC1)NC[C@@]1(O)CCCN(c2ccc(F)cn2)C1. The fourth-order valence-corrected chi connectivity index (χ4v) is 2.93. The van der Waals surface area contributed by atoms with E-state index in [9.17, 15) is 14.3 Å². The zero-order chi connectivity index (χ0) is 15.6. The largest absolute Gasteiger partial charge is 0.386 e. The van der Waals surface area contributed by atoms with Gasteiger partial charge in [-0.25, -0.2) is 9.37 Å². The molecule has 0 spiro atoms. The minimum atomic E-state index is -0.951. The fourth-order valence-electron chi connectivity index (χ4n) is 2.93. The first-order valence-corrected chi connectivity index (χ1v) is 7.90. The molecule has 2 heterocycles. The lowest BCUT2D eigenvalue weighted by Gasteiger charge is -2.39. The summed E-state index contributed by atoms with van der Waals surface area (Å²) in [5.41, 5.74) is -0.951. The maximum absolute atomic E-state index is 12.9. The third kappa shape index (κ3) is 3.94. The number of hydrogen-bond acceptors (Lipinski definition) is 4. The van der Waals surface area contributed by atoms with Gasteiger partial charge in [0.1, 0.15) is 11.6 Å². The van der Waals surface area contributed by atoms with Gasteiger partial charge in [-0.15, -0.1) is 0 Å². The first-order chi connectivity index (χ1) is 10.5. The number of rotatable bonds is 5. The summed E-state index contributed by atoms with van der Waals surface area (Å²) >= 11 is 0. The second kappa shape index (κ2) is 6.20. The first kappa shape index (κ1) is 15.2. The Bertz CT molecular complexity index is 533. The van der Waals surface area contributed by atoms with Crippen molar-refractivity contribution < 1.29 is 14.3 Å². The lowest BCUT2D eigenvalue weighted by molar-refractivity contribution is -0.122. The van der Waals surface area contributed by atoms with Crippen LogP contribution < -0.4 is 10.2 Å². The molecule has 1 saturated heterocycles. The van der Waals surface area contributed by atoms with Gasteiger partial charge in [-0.05, 0) is 43.7 Å². The van der Waals surface area contributed by atoms with Crippen LogP contribution in [0.4, 0.5) is 10.2 Å². The number of aliphatic hydroxyl groups is 1. The summed E-state index contributed by atoms with van der Waals surface area (Å²) in [6.45, 7) is 1.43. The monoisotopic (exact) mass is 307 g/mol. The molecule has 2 N–H and O–H groups in total. The Morgan fingerprint density at radius 2 is 2.32 bits per heavy atom. The number of nitrogens with zero attached hydrogens (tertiary/aromatic N) is 2. The van der Waals surface area contributed by atoms with Gasteiger partial charge in [0.05, 0.1) is 11.8 Å². The van der Waals surface area contributed by atoms with Crippen LogP contribution in [0.15, 0.2) is 18.3 Å². The van der Waals surface area contributed by atoms with E-state index >= 15 is 0 Å². The van der Waals surface area contributed by atoms with Crippen LogP contribution in [0.25, 0.3) is 0 Å². The van der Waals surface area contributed by atoms with Crippen molar-refractivity contribution in [2.24, 2.45) is 5.92 Å². The van der Waals surface area contributed by atoms with Crippen molar-refractivity contribution in [1.29, 1.82) is 0 Å². The number of β-amino-alcohol motifs (C(OH)–C–C–N with tert-alkyl or cyclic N) is 1. The van der Waals surface area contributed by atoms with Crippen LogP contribution in [0.5, 0.6) is 0 Å². The molecule has 1 aliphatic carbocycles. The molecule has 1 aromatic heterocycles. The van der Waals surface area contributed by atoms with Crippen molar-refractivity contribution in [2.45, 2.75) is 37.7 Å². The van der Waals surface area contributed by atoms with Gasteiger partial charge in [0.15, 0.2) is 0 Å². The van der Waals surface area contributed by atoms with Crippen LogP contribution in [-0.2, 0) is 4.79 Å². The van der Waals surface area contributed by atoms with Crippen LogP contribution in [0.2, 0.25) is 0 Å². The molecule has 5 nitrogen and oxygen atoms in total. The third-order valence-electron chi connectivity index (χ3n) is 4.38. The number of carbonyl (C=O) groups excluding carboxylic acids is 1. The van der Waals surface area contributed by atoms with E-state index in [0.29, 0.717) is 31.1 Å². The zero-order valence-electron chi connectivity index (χ0n) is 12.6. The first-order valence-electron chi connectivity index (χ1n) is 7.90. The number of anilines is 1. The van der Waals surface area contributed by atoms with E-state index in [0.717, 1.165) is 25.8 Å². The van der Waals surface area contributed by atoms with Crippen LogP contribution in [0.3, 0.4) is 0 Å². The van der Waals surface area contributed by atoms with Gasteiger partial charge in [0.2, 0.25) is 5.91 Å². The van der Waals surface area contributed by atoms with Gasteiger partial charge < -0.3 is 15.3 Å². The third-order valence-corrected chi connectivity index (χ3v) is 4.38. The molecule has 0 aromatic carbocycles. The number of nitrogens with one attached hydrogen (secondary N) is 1. The minimum Gasteiger partial charge on any atom is -0.386 e. The van der Waals surface area contributed by atoms with Crippen LogP contribution in [0, 0.1) is 11.7 Å². The summed E-state index contributed by atoms with van der Waals surface area (Å²) in [4.78, 5) is 17.8. The highest BCUT2D eigenvalue weighted by atomic mass is 19.1. The van der Waals surface area contributed by atoms with E-state index < -0.39 is 5.60 Å². The number of hydrogen-bond donors (Lipinski definition) is 2. The topological polar surface area (TPSA) is 65.5 Å². The van der Waals surface area contributed by atoms with Crippen LogP contribution >= 0.6 is 0 Å². The average molecular weight is 307 g/mol. The molecular formula is C16H22FN3O2. The lowest BCUT2D eigenvalue weighted by Crippen LogP contribution is -2.54. The molecule has 0 radical (unpaired) electrons. The number of halogens is 1. The smallest absolute Gasteiger partial charge is 0.220 e. The van der Waals surface area contributed by atoms with Crippen molar-refractivity contribution in [3.63, 3.8) is 0 Å². The van der Waals surface area contributed by atoms with Gasteiger partial charge in [0, 0.05) is 26.1 Å². The molecule has 6 heteroatoms. The Labute approximate surface area is 129 Å². The summed E-state index contributed by atoms with van der Waals surface area (Å²) in [5, 5.41) is 13.5. The van der Waals surface area contributed by atoms with E-state index in [1.54, 1.807) is 6.07 Å². The molecule has 1 aromatic rings. The van der Waals surface area contributed by atoms with Crippen molar-refractivity contribution in [3.8, 4) is 0 Å². The van der Waals surface area contributed by atoms with Crippen molar-refractivity contribution in [3.05, 3.63) is 24.1 Å². The van der Waals surface area contributed by atoms with E-state index in [4.69, 9.17) is 0 Å². The number of pyridine rings is 1. The second-order valence-corrected chi connectivity index (χ2v) is 6.51. The van der Waals surface area contributed by atoms with Gasteiger partial charge in [-0.3, -0.25) is 4.79 Å². The molecule has 22 heavy (non-hydrogen) atoms. The summed E-state index contributed by atoms with van der Waals surface area (Å²) in [7, 11) is 0. The molecule has 2 aliphatic rings. The minimum absolute atomic E-state index is 0.0213. The molecule has 1 atom stereocenters. The van der Waals surface area contributed by atoms with Gasteiger partial charge in [0.25, 0.3) is 0 Å². The molecule has 0 bridgehead atoms. The number of carbonyl (C=O) groups is 1. The van der Waals surface area contributed by atoms with E-state index in [1.807, 2.05) is 4.90 Å². The predicted octanol–water partition coefficient (Wildman–Crippen LogP) is 1.47. The van der Waals surface area contributed by atoms with Crippen molar-refractivity contribution in [2.75, 3.05) is 24.5 Å². The number of amides is 1. The Balaban J connectivity index is 1.55. The Kier molecular flexibility index (Phi) is 4.29. The highest BCUT2D eigenvalue weighted by molar-refractivity contribution is 5.76. The lowest BCUT2D eigenvalue weighted by atomic mass is 9.92. The molecule has 1 amide bonds. The molecule has 0 unspecified atom stereocenters. The van der Waals surface area contributed by atoms with Crippen molar-refractivity contribution >= 4 is 11.7 Å². The second-order valence-electron chi connectivity index (χ2n) is 6.51. The maximum Gasteiger partial charge on any atom is 0.220 e. The van der Waals surface area contributed by atoms with Gasteiger partial charge >= 0.3 is 0 Å². The molecule has 120 valence electrons. The normalized spacial score (nSPS) is 25.1.